The topological polar surface area (TPSA) is 38.9 Å². The highest BCUT2D eigenvalue weighted by Crippen LogP contribution is 2.53. The van der Waals surface area contributed by atoms with Crippen LogP contribution in [0.1, 0.15) is 94.5 Å². The van der Waals surface area contributed by atoms with Crippen molar-refractivity contribution in [1.29, 1.82) is 0 Å². The van der Waals surface area contributed by atoms with E-state index in [-0.39, 0.29) is 16.2 Å². The normalized spacial score (nSPS) is 13.7. The summed E-state index contributed by atoms with van der Waals surface area (Å²) in [5, 5.41) is 8.06. The number of pyridine rings is 1. The molecule has 0 aliphatic carbocycles. The van der Waals surface area contributed by atoms with Crippen LogP contribution in [0.5, 0.6) is 0 Å². The SMILES string of the molecule is Cc1cc(C)c(-c2c(-c3ccccc3)nn(-c3ccc4c(c3)N(c3ccc5c6ccccc6n(-c6cc(C(C)(C)C)ccn6)c5c3)c3ccccc3C4(C)C)c2C(C)(C)C)c(C)c1. The maximum atomic E-state index is 5.65. The van der Waals surface area contributed by atoms with Gasteiger partial charge in [0.2, 0.25) is 0 Å². The summed E-state index contributed by atoms with van der Waals surface area (Å²) in [5.74, 6) is 0.922. The quantitative estimate of drug-likeness (QED) is 0.174. The smallest absolute Gasteiger partial charge is 0.137 e. The summed E-state index contributed by atoms with van der Waals surface area (Å²) in [7, 11) is 0. The van der Waals surface area contributed by atoms with Crippen LogP contribution in [-0.4, -0.2) is 19.3 Å². The van der Waals surface area contributed by atoms with Crippen LogP contribution in [0.2, 0.25) is 0 Å². The van der Waals surface area contributed by atoms with Gasteiger partial charge in [-0.15, -0.1) is 0 Å². The molecule has 6 aromatic carbocycles. The number of anilines is 3. The number of fused-ring (bicyclic) bond motifs is 5. The van der Waals surface area contributed by atoms with Gasteiger partial charge < -0.3 is 4.90 Å². The molecule has 0 amide bonds. The van der Waals surface area contributed by atoms with E-state index in [9.17, 15) is 0 Å². The van der Waals surface area contributed by atoms with E-state index >= 15 is 0 Å². The third kappa shape index (κ3) is 6.51. The van der Waals surface area contributed by atoms with Gasteiger partial charge in [-0.25, -0.2) is 9.67 Å². The van der Waals surface area contributed by atoms with Crippen LogP contribution in [0.15, 0.2) is 146 Å². The summed E-state index contributed by atoms with van der Waals surface area (Å²) < 4.78 is 4.60. The molecule has 0 spiro atoms. The molecule has 1 aliphatic rings. The van der Waals surface area contributed by atoms with Crippen LogP contribution in [0.25, 0.3) is 55.7 Å². The zero-order valence-electron chi connectivity index (χ0n) is 38.6. The molecular weight excluding hydrogens is 767 g/mol. The molecule has 314 valence electrons. The van der Waals surface area contributed by atoms with E-state index in [2.05, 4.69) is 230 Å². The standard InChI is InChI=1S/C58H57N5/c1-36-31-37(2)52(38(3)32-36)53-54(39-19-13-12-14-20-39)60-63(55(53)57(7,8)9)42-26-28-46-50(35-42)61(48-24-18-16-22-45(48)58(46,10)11)41-25-27-44-43-21-15-17-23-47(43)62(49(44)34-41)51-33-40(29-30-59-51)56(4,5)6/h12-35H,1-11H3. The molecule has 10 rings (SSSR count). The Balaban J connectivity index is 1.25. The van der Waals surface area contributed by atoms with E-state index in [0.717, 1.165) is 45.2 Å². The Hall–Kier alpha value is -6.72. The number of hydrogen-bond donors (Lipinski definition) is 0. The number of nitrogens with zero attached hydrogens (tertiary/aromatic N) is 5. The van der Waals surface area contributed by atoms with E-state index in [1.807, 2.05) is 6.20 Å². The molecule has 0 saturated carbocycles. The molecule has 0 fully saturated rings. The summed E-state index contributed by atoms with van der Waals surface area (Å²) in [6.45, 7) is 25.2. The van der Waals surface area contributed by atoms with Gasteiger partial charge in [0.05, 0.1) is 33.8 Å². The average Bonchev–Trinajstić information content (AvgIpc) is 3.80. The lowest BCUT2D eigenvalue weighted by molar-refractivity contribution is 0.545. The fourth-order valence-corrected chi connectivity index (χ4v) is 10.4. The molecule has 5 nitrogen and oxygen atoms in total. The highest BCUT2D eigenvalue weighted by molar-refractivity contribution is 6.10. The Bertz CT molecular complexity index is 3230. The molecule has 3 aromatic heterocycles. The van der Waals surface area contributed by atoms with Crippen LogP contribution in [0.3, 0.4) is 0 Å². The number of aryl methyl sites for hydroxylation is 3. The van der Waals surface area contributed by atoms with E-state index in [1.165, 1.54) is 66.7 Å². The lowest BCUT2D eigenvalue weighted by Gasteiger charge is -2.42. The van der Waals surface area contributed by atoms with Crippen LogP contribution >= 0.6 is 0 Å². The Kier molecular flexibility index (Phi) is 9.24. The highest BCUT2D eigenvalue weighted by atomic mass is 15.3. The fraction of sp³-hybridized carbons (Fsp3) is 0.241. The van der Waals surface area contributed by atoms with Crippen LogP contribution in [0, 0.1) is 20.8 Å². The first-order valence-electron chi connectivity index (χ1n) is 22.3. The predicted octanol–water partition coefficient (Wildman–Crippen LogP) is 15.3. The van der Waals surface area contributed by atoms with Crippen molar-refractivity contribution in [2.45, 2.75) is 92.4 Å². The average molecular weight is 824 g/mol. The minimum atomic E-state index is -0.259. The van der Waals surface area contributed by atoms with Gasteiger partial charge in [-0.2, -0.15) is 5.10 Å². The summed E-state index contributed by atoms with van der Waals surface area (Å²) in [6.07, 6.45) is 1.96. The number of aromatic nitrogens is 4. The lowest BCUT2D eigenvalue weighted by atomic mass is 9.73. The second kappa shape index (κ2) is 14.4. The van der Waals surface area contributed by atoms with Gasteiger partial charge in [0.25, 0.3) is 0 Å². The maximum Gasteiger partial charge on any atom is 0.137 e. The minimum absolute atomic E-state index is 0.0187. The minimum Gasteiger partial charge on any atom is -0.310 e. The highest BCUT2D eigenvalue weighted by Gasteiger charge is 2.38. The zero-order chi connectivity index (χ0) is 44.2. The molecule has 9 aromatic rings. The summed E-state index contributed by atoms with van der Waals surface area (Å²) in [5.41, 5.74) is 19.5. The first kappa shape index (κ1) is 40.4. The summed E-state index contributed by atoms with van der Waals surface area (Å²) in [4.78, 5) is 7.49. The Labute approximate surface area is 372 Å². The molecule has 0 bridgehead atoms. The molecule has 4 heterocycles. The van der Waals surface area contributed by atoms with Crippen molar-refractivity contribution in [2.24, 2.45) is 0 Å². The monoisotopic (exact) mass is 823 g/mol. The molecule has 1 aliphatic heterocycles. The zero-order valence-corrected chi connectivity index (χ0v) is 38.6. The van der Waals surface area contributed by atoms with Gasteiger partial charge in [0, 0.05) is 44.6 Å². The number of para-hydroxylation sites is 2. The second-order valence-corrected chi connectivity index (χ2v) is 20.3. The Morgan fingerprint density at radius 2 is 1.19 bits per heavy atom. The first-order chi connectivity index (χ1) is 30.0. The molecule has 0 saturated heterocycles. The van der Waals surface area contributed by atoms with Gasteiger partial charge in [0.15, 0.2) is 0 Å². The van der Waals surface area contributed by atoms with Crippen molar-refractivity contribution in [3.05, 3.63) is 185 Å². The van der Waals surface area contributed by atoms with E-state index < -0.39 is 0 Å². The molecule has 5 heteroatoms. The molecule has 0 radical (unpaired) electrons. The van der Waals surface area contributed by atoms with Crippen LogP contribution < -0.4 is 4.90 Å². The third-order valence-corrected chi connectivity index (χ3v) is 13.3. The van der Waals surface area contributed by atoms with Crippen molar-refractivity contribution < 1.29 is 0 Å². The maximum absolute atomic E-state index is 5.65. The van der Waals surface area contributed by atoms with E-state index in [4.69, 9.17) is 10.1 Å². The van der Waals surface area contributed by atoms with Crippen molar-refractivity contribution >= 4 is 38.9 Å². The van der Waals surface area contributed by atoms with Gasteiger partial charge >= 0.3 is 0 Å². The Morgan fingerprint density at radius 1 is 0.540 bits per heavy atom. The number of hydrogen-bond acceptors (Lipinski definition) is 3. The van der Waals surface area contributed by atoms with Crippen LogP contribution in [0.4, 0.5) is 17.1 Å². The largest absolute Gasteiger partial charge is 0.310 e. The van der Waals surface area contributed by atoms with Gasteiger partial charge in [-0.1, -0.05) is 152 Å². The lowest BCUT2D eigenvalue weighted by Crippen LogP contribution is -2.31. The molecule has 0 atom stereocenters. The van der Waals surface area contributed by atoms with Gasteiger partial charge in [0.1, 0.15) is 11.5 Å². The van der Waals surface area contributed by atoms with E-state index in [0.29, 0.717) is 0 Å². The van der Waals surface area contributed by atoms with Crippen molar-refractivity contribution in [2.75, 3.05) is 4.90 Å². The van der Waals surface area contributed by atoms with Gasteiger partial charge in [-0.05, 0) is 108 Å². The molecule has 0 unspecified atom stereocenters. The summed E-state index contributed by atoms with van der Waals surface area (Å²) >= 11 is 0. The fourth-order valence-electron chi connectivity index (χ4n) is 10.4. The summed E-state index contributed by atoms with van der Waals surface area (Å²) in [6, 6.07) is 51.4. The van der Waals surface area contributed by atoms with Crippen molar-refractivity contribution in [3.8, 4) is 33.9 Å². The van der Waals surface area contributed by atoms with Crippen molar-refractivity contribution in [1.82, 2.24) is 19.3 Å². The third-order valence-electron chi connectivity index (χ3n) is 13.3. The second-order valence-electron chi connectivity index (χ2n) is 20.3. The van der Waals surface area contributed by atoms with Gasteiger partial charge in [-0.3, -0.25) is 4.57 Å². The predicted molar refractivity (Wildman–Crippen MR) is 265 cm³/mol. The van der Waals surface area contributed by atoms with Crippen molar-refractivity contribution in [3.63, 3.8) is 0 Å². The number of benzene rings is 6. The Morgan fingerprint density at radius 3 is 1.92 bits per heavy atom. The number of rotatable bonds is 5. The molecule has 63 heavy (non-hydrogen) atoms. The first-order valence-corrected chi connectivity index (χ1v) is 22.3. The van der Waals surface area contributed by atoms with E-state index in [1.54, 1.807) is 0 Å². The van der Waals surface area contributed by atoms with Crippen LogP contribution in [-0.2, 0) is 16.2 Å². The molecular formula is C58H57N5. The molecule has 0 N–H and O–H groups in total.